The number of nitrogens with two attached hydrogens (primary N) is 1. The van der Waals surface area contributed by atoms with Crippen molar-refractivity contribution in [2.45, 2.75) is 39.3 Å². The number of rotatable bonds is 2. The highest BCUT2D eigenvalue weighted by molar-refractivity contribution is 6.32. The number of hydrogen-bond acceptors (Lipinski definition) is 4. The van der Waals surface area contributed by atoms with E-state index in [1.165, 1.54) is 5.56 Å². The molecule has 0 aromatic heterocycles. The molecule has 1 fully saturated rings. The topological polar surface area (TPSA) is 47.7 Å². The molecular weight excluding hydrogens is 300 g/mol. The number of halogens is 1. The lowest BCUT2D eigenvalue weighted by molar-refractivity contribution is 0.0898. The fourth-order valence-electron chi connectivity index (χ4n) is 3.25. The van der Waals surface area contributed by atoms with Gasteiger partial charge in [0.15, 0.2) is 11.5 Å². The third-order valence-corrected chi connectivity index (χ3v) is 4.94. The van der Waals surface area contributed by atoms with E-state index >= 15 is 0 Å². The Morgan fingerprint density at radius 1 is 1.32 bits per heavy atom. The number of ether oxygens (including phenoxy) is 2. The number of fused-ring (bicyclic) bond motifs is 1. The van der Waals surface area contributed by atoms with E-state index in [1.807, 2.05) is 6.07 Å². The quantitative estimate of drug-likeness (QED) is 0.908. The van der Waals surface area contributed by atoms with Crippen LogP contribution in [0.1, 0.15) is 32.3 Å². The van der Waals surface area contributed by atoms with E-state index in [9.17, 15) is 0 Å². The molecule has 1 unspecified atom stereocenters. The van der Waals surface area contributed by atoms with Gasteiger partial charge in [0.05, 0.1) is 18.2 Å². The Hall–Kier alpha value is -0.970. The first-order valence-electron chi connectivity index (χ1n) is 8.02. The lowest BCUT2D eigenvalue weighted by atomic mass is 9.79. The molecule has 1 aromatic carbocycles. The van der Waals surface area contributed by atoms with Gasteiger partial charge >= 0.3 is 0 Å². The first-order chi connectivity index (χ1) is 10.5. The normalized spacial score (nSPS) is 24.8. The zero-order valence-corrected chi connectivity index (χ0v) is 14.2. The maximum atomic E-state index is 6.37. The molecular formula is C17H25ClN2O2. The molecule has 2 aliphatic heterocycles. The van der Waals surface area contributed by atoms with E-state index in [0.717, 1.165) is 38.2 Å². The number of benzene rings is 1. The van der Waals surface area contributed by atoms with Gasteiger partial charge in [-0.05, 0) is 29.5 Å². The molecule has 1 aromatic rings. The highest BCUT2D eigenvalue weighted by atomic mass is 35.5. The molecule has 3 rings (SSSR count). The zero-order valence-electron chi connectivity index (χ0n) is 13.4. The molecule has 22 heavy (non-hydrogen) atoms. The van der Waals surface area contributed by atoms with Gasteiger partial charge in [0, 0.05) is 32.1 Å². The summed E-state index contributed by atoms with van der Waals surface area (Å²) < 4.78 is 11.5. The minimum absolute atomic E-state index is 0.146. The van der Waals surface area contributed by atoms with E-state index < -0.39 is 0 Å². The lowest BCUT2D eigenvalue weighted by Crippen LogP contribution is -2.52. The second-order valence-corrected chi connectivity index (χ2v) is 7.46. The molecule has 0 bridgehead atoms. The summed E-state index contributed by atoms with van der Waals surface area (Å²) >= 11 is 6.37. The van der Waals surface area contributed by atoms with Crippen LogP contribution in [0.25, 0.3) is 0 Å². The molecule has 2 N–H and O–H groups in total. The van der Waals surface area contributed by atoms with Crippen LogP contribution in [-0.2, 0) is 6.54 Å². The smallest absolute Gasteiger partial charge is 0.179 e. The van der Waals surface area contributed by atoms with Crippen molar-refractivity contribution in [2.24, 2.45) is 11.1 Å². The van der Waals surface area contributed by atoms with Crippen molar-refractivity contribution in [1.82, 2.24) is 4.90 Å². The number of hydrogen-bond donors (Lipinski definition) is 1. The van der Waals surface area contributed by atoms with Gasteiger partial charge in [-0.2, -0.15) is 0 Å². The highest BCUT2D eigenvalue weighted by Crippen LogP contribution is 2.38. The first-order valence-corrected chi connectivity index (χ1v) is 8.39. The van der Waals surface area contributed by atoms with Gasteiger partial charge < -0.3 is 15.2 Å². The molecule has 122 valence electrons. The lowest BCUT2D eigenvalue weighted by Gasteiger charge is -2.42. The van der Waals surface area contributed by atoms with Gasteiger partial charge in [-0.25, -0.2) is 0 Å². The fourth-order valence-corrected chi connectivity index (χ4v) is 3.54. The predicted octanol–water partition coefficient (Wildman–Crippen LogP) is 3.06. The Bertz CT molecular complexity index is 548. The Labute approximate surface area is 137 Å². The second kappa shape index (κ2) is 6.26. The third-order valence-electron chi connectivity index (χ3n) is 4.66. The maximum absolute atomic E-state index is 6.37. The van der Waals surface area contributed by atoms with Crippen LogP contribution >= 0.6 is 11.6 Å². The molecule has 1 saturated heterocycles. The maximum Gasteiger partial charge on any atom is 0.179 e. The van der Waals surface area contributed by atoms with Crippen molar-refractivity contribution in [3.8, 4) is 11.5 Å². The SMILES string of the molecule is CC1(C)CN(Cc2cc(Cl)c3c(c2)OCCCO3)CCC1N. The molecule has 0 spiro atoms. The fraction of sp³-hybridized carbons (Fsp3) is 0.647. The Kier molecular flexibility index (Phi) is 4.53. The summed E-state index contributed by atoms with van der Waals surface area (Å²) in [4.78, 5) is 2.44. The molecule has 2 heterocycles. The summed E-state index contributed by atoms with van der Waals surface area (Å²) in [7, 11) is 0. The van der Waals surface area contributed by atoms with Crippen LogP contribution in [0.2, 0.25) is 5.02 Å². The molecule has 0 aliphatic carbocycles. The molecule has 1 atom stereocenters. The monoisotopic (exact) mass is 324 g/mol. The van der Waals surface area contributed by atoms with Crippen molar-refractivity contribution in [3.63, 3.8) is 0 Å². The van der Waals surface area contributed by atoms with Gasteiger partial charge in [0.1, 0.15) is 0 Å². The van der Waals surface area contributed by atoms with Crippen LogP contribution < -0.4 is 15.2 Å². The molecule has 0 amide bonds. The summed E-state index contributed by atoms with van der Waals surface area (Å²) in [6.45, 7) is 8.71. The molecule has 0 saturated carbocycles. The van der Waals surface area contributed by atoms with Gasteiger partial charge in [0.25, 0.3) is 0 Å². The van der Waals surface area contributed by atoms with E-state index in [4.69, 9.17) is 26.8 Å². The molecule has 0 radical (unpaired) electrons. The molecule has 4 nitrogen and oxygen atoms in total. The summed E-state index contributed by atoms with van der Waals surface area (Å²) in [6.07, 6.45) is 1.92. The average molecular weight is 325 g/mol. The molecule has 2 aliphatic rings. The van der Waals surface area contributed by atoms with Crippen LogP contribution in [0, 0.1) is 5.41 Å². The number of nitrogens with zero attached hydrogens (tertiary/aromatic N) is 1. The second-order valence-electron chi connectivity index (χ2n) is 7.05. The Balaban J connectivity index is 1.76. The van der Waals surface area contributed by atoms with Crippen LogP contribution in [0.5, 0.6) is 11.5 Å². The highest BCUT2D eigenvalue weighted by Gasteiger charge is 2.33. The Morgan fingerprint density at radius 3 is 2.86 bits per heavy atom. The standard InChI is InChI=1S/C17H25ClN2O2/c1-17(2)11-20(5-4-15(17)19)10-12-8-13(18)16-14(9-12)21-6-3-7-22-16/h8-9,15H,3-7,10-11,19H2,1-2H3. The van der Waals surface area contributed by atoms with Crippen molar-refractivity contribution < 1.29 is 9.47 Å². The van der Waals surface area contributed by atoms with Crippen molar-refractivity contribution in [3.05, 3.63) is 22.7 Å². The average Bonchev–Trinajstić information content (AvgIpc) is 2.68. The summed E-state index contributed by atoms with van der Waals surface area (Å²) in [5, 5.41) is 0.641. The minimum Gasteiger partial charge on any atom is -0.489 e. The largest absolute Gasteiger partial charge is 0.489 e. The van der Waals surface area contributed by atoms with Crippen molar-refractivity contribution in [2.75, 3.05) is 26.3 Å². The van der Waals surface area contributed by atoms with Crippen LogP contribution in [0.3, 0.4) is 0 Å². The number of piperidine rings is 1. The van der Waals surface area contributed by atoms with E-state index in [-0.39, 0.29) is 11.5 Å². The predicted molar refractivity (Wildman–Crippen MR) is 88.7 cm³/mol. The van der Waals surface area contributed by atoms with E-state index in [0.29, 0.717) is 24.0 Å². The van der Waals surface area contributed by atoms with E-state index in [2.05, 4.69) is 24.8 Å². The first kappa shape index (κ1) is 15.9. The summed E-state index contributed by atoms with van der Waals surface area (Å²) in [5.41, 5.74) is 7.53. The van der Waals surface area contributed by atoms with Crippen molar-refractivity contribution in [1.29, 1.82) is 0 Å². The Morgan fingerprint density at radius 2 is 2.09 bits per heavy atom. The molecule has 5 heteroatoms. The van der Waals surface area contributed by atoms with Crippen molar-refractivity contribution >= 4 is 11.6 Å². The summed E-state index contributed by atoms with van der Waals surface area (Å²) in [6, 6.07) is 4.33. The van der Waals surface area contributed by atoms with Gasteiger partial charge in [-0.1, -0.05) is 25.4 Å². The van der Waals surface area contributed by atoms with Crippen LogP contribution in [0.15, 0.2) is 12.1 Å². The van der Waals surface area contributed by atoms with Crippen LogP contribution in [0.4, 0.5) is 0 Å². The zero-order chi connectivity index (χ0) is 15.7. The van der Waals surface area contributed by atoms with Gasteiger partial charge in [0.2, 0.25) is 0 Å². The van der Waals surface area contributed by atoms with Crippen LogP contribution in [-0.4, -0.2) is 37.2 Å². The number of likely N-dealkylation sites (tertiary alicyclic amines) is 1. The minimum atomic E-state index is 0.146. The van der Waals surface area contributed by atoms with Gasteiger partial charge in [-0.3, -0.25) is 4.90 Å². The van der Waals surface area contributed by atoms with E-state index in [1.54, 1.807) is 0 Å². The third kappa shape index (κ3) is 3.34. The summed E-state index contributed by atoms with van der Waals surface area (Å²) in [5.74, 6) is 1.46. The van der Waals surface area contributed by atoms with Gasteiger partial charge in [-0.15, -0.1) is 0 Å².